The van der Waals surface area contributed by atoms with Crippen LogP contribution in [0.15, 0.2) is 97.2 Å². The van der Waals surface area contributed by atoms with Crippen molar-refractivity contribution in [3.05, 3.63) is 118 Å². The number of piperazine rings is 2. The van der Waals surface area contributed by atoms with Gasteiger partial charge in [-0.1, -0.05) is 86.0 Å². The third-order valence-electron chi connectivity index (χ3n) is 13.1. The van der Waals surface area contributed by atoms with Gasteiger partial charge >= 0.3 is 0 Å². The highest BCUT2D eigenvalue weighted by Gasteiger charge is 2.28. The van der Waals surface area contributed by atoms with E-state index >= 15 is 0 Å². The van der Waals surface area contributed by atoms with Gasteiger partial charge in [-0.15, -0.1) is 0 Å². The van der Waals surface area contributed by atoms with Crippen molar-refractivity contribution >= 4 is 76.2 Å². The maximum absolute atomic E-state index is 13.4. The molecule has 72 heavy (non-hydrogen) atoms. The fraction of sp³-hybridized carbons (Fsp3) is 0.407. The predicted molar refractivity (Wildman–Crippen MR) is 282 cm³/mol. The minimum atomic E-state index is -0.463. The number of unbranched alkanes of at least 4 members (excludes halogenated alkanes) is 8. The molecule has 5 amide bonds. The molecule has 3 N–H and O–H groups in total. The van der Waals surface area contributed by atoms with Crippen LogP contribution in [0.4, 0.5) is 17.2 Å². The molecule has 16 nitrogen and oxygen atoms in total. The number of likely N-dealkylation sites (N-methyl/N-ethyl adjacent to an activating group) is 1. The van der Waals surface area contributed by atoms with E-state index in [1.165, 1.54) is 31.7 Å². The lowest BCUT2D eigenvalue weighted by atomic mass is 10.1. The second-order valence-corrected chi connectivity index (χ2v) is 19.1. The Morgan fingerprint density at radius 1 is 0.736 bits per heavy atom. The van der Waals surface area contributed by atoms with Gasteiger partial charge in [0.2, 0.25) is 17.7 Å². The molecule has 5 aromatic rings. The third-order valence-corrected chi connectivity index (χ3v) is 13.7. The van der Waals surface area contributed by atoms with Crippen molar-refractivity contribution < 1.29 is 28.8 Å². The van der Waals surface area contributed by atoms with Gasteiger partial charge in [-0.25, -0.2) is 4.68 Å². The van der Waals surface area contributed by atoms with E-state index in [2.05, 4.69) is 35.8 Å². The Hall–Kier alpha value is -6.62. The Bertz CT molecular complexity index is 2620. The molecule has 8 rings (SSSR count). The summed E-state index contributed by atoms with van der Waals surface area (Å²) in [7, 11) is 2.03. The van der Waals surface area contributed by atoms with E-state index in [1.54, 1.807) is 40.0 Å². The number of rotatable bonds is 19. The summed E-state index contributed by atoms with van der Waals surface area (Å²) >= 11 is 12.8. The molecule has 0 saturated carbocycles. The zero-order chi connectivity index (χ0) is 50.8. The van der Waals surface area contributed by atoms with Gasteiger partial charge in [-0.05, 0) is 87.0 Å². The first kappa shape index (κ1) is 53.2. The molecule has 0 bridgehead atoms. The van der Waals surface area contributed by atoms with Crippen LogP contribution in [0.3, 0.4) is 0 Å². The van der Waals surface area contributed by atoms with Crippen LogP contribution in [0.5, 0.6) is 0 Å². The molecule has 0 spiro atoms. The number of aromatic nitrogens is 3. The van der Waals surface area contributed by atoms with Crippen LogP contribution in [0.2, 0.25) is 10.0 Å². The summed E-state index contributed by atoms with van der Waals surface area (Å²) in [5.41, 5.74) is 4.34. The molecular weight excluding hydrogens is 956 g/mol. The zero-order valence-corrected chi connectivity index (χ0v) is 42.4. The molecule has 3 aliphatic heterocycles. The molecule has 3 fully saturated rings. The topological polar surface area (TPSA) is 182 Å². The lowest BCUT2D eigenvalue weighted by Crippen LogP contribution is -2.48. The second-order valence-electron chi connectivity index (χ2n) is 18.3. The molecular formula is C54H64Cl2N10O6. The summed E-state index contributed by atoms with van der Waals surface area (Å²) in [5.74, 6) is -0.514. The van der Waals surface area contributed by atoms with Crippen molar-refractivity contribution in [2.45, 2.75) is 83.1 Å². The summed E-state index contributed by atoms with van der Waals surface area (Å²) in [5, 5.41) is 13.6. The zero-order valence-electron chi connectivity index (χ0n) is 40.9. The van der Waals surface area contributed by atoms with Crippen molar-refractivity contribution in [2.75, 3.05) is 74.9 Å². The van der Waals surface area contributed by atoms with Crippen LogP contribution in [-0.2, 0) is 19.2 Å². The molecule has 3 saturated heterocycles. The Morgan fingerprint density at radius 3 is 2.07 bits per heavy atom. The first-order valence-corrected chi connectivity index (χ1v) is 25.7. The van der Waals surface area contributed by atoms with Crippen molar-refractivity contribution in [1.29, 1.82) is 0 Å². The second kappa shape index (κ2) is 26.7. The van der Waals surface area contributed by atoms with Crippen LogP contribution in [0, 0.1) is 0 Å². The normalized spacial score (nSPS) is 16.1. The first-order valence-electron chi connectivity index (χ1n) is 25.0. The van der Waals surface area contributed by atoms with E-state index in [-0.39, 0.29) is 46.0 Å². The van der Waals surface area contributed by atoms with Crippen LogP contribution in [0.25, 0.3) is 16.9 Å². The lowest BCUT2D eigenvalue weighted by Gasteiger charge is -2.36. The fourth-order valence-electron chi connectivity index (χ4n) is 8.87. The highest BCUT2D eigenvalue weighted by Crippen LogP contribution is 2.33. The number of piperidine rings is 1. The molecule has 0 aliphatic carbocycles. The van der Waals surface area contributed by atoms with Gasteiger partial charge in [0.1, 0.15) is 18.1 Å². The SMILES string of the molecule is CN1CCN(C(=O)c2cc(NC(=O)c3cc(-c4ccccn4)c(Cl)cc3Cl)n(-c3ccccc3)n2)CC1.O=CCCCCCCCCCCC(=O)N1CCN(c2ccc(NC3CCC(=O)NC3=O)cc2)CC1. The van der Waals surface area contributed by atoms with Gasteiger partial charge in [0.05, 0.1) is 27.0 Å². The Kier molecular flexibility index (Phi) is 19.7. The first-order chi connectivity index (χ1) is 35.0. The van der Waals surface area contributed by atoms with Crippen molar-refractivity contribution in [3.8, 4) is 16.9 Å². The van der Waals surface area contributed by atoms with E-state index in [9.17, 15) is 28.8 Å². The third kappa shape index (κ3) is 15.0. The Balaban J connectivity index is 0.000000212. The highest BCUT2D eigenvalue weighted by molar-refractivity contribution is 6.38. The van der Waals surface area contributed by atoms with E-state index in [4.69, 9.17) is 23.2 Å². The average Bonchev–Trinajstić information content (AvgIpc) is 3.82. The van der Waals surface area contributed by atoms with Crippen LogP contribution >= 0.6 is 23.2 Å². The number of nitrogens with zero attached hydrogens (tertiary/aromatic N) is 7. The molecule has 380 valence electrons. The van der Waals surface area contributed by atoms with Crippen molar-refractivity contribution in [1.82, 2.24) is 34.8 Å². The van der Waals surface area contributed by atoms with Crippen molar-refractivity contribution in [3.63, 3.8) is 0 Å². The number of imide groups is 1. The maximum Gasteiger partial charge on any atom is 0.274 e. The largest absolute Gasteiger partial charge is 0.374 e. The van der Waals surface area contributed by atoms with Gasteiger partial charge in [0.25, 0.3) is 11.8 Å². The van der Waals surface area contributed by atoms with Gasteiger partial charge in [-0.2, -0.15) is 5.10 Å². The van der Waals surface area contributed by atoms with Gasteiger partial charge < -0.3 is 35.0 Å². The number of nitrogens with one attached hydrogen (secondary N) is 3. The van der Waals surface area contributed by atoms with Crippen molar-refractivity contribution in [2.24, 2.45) is 0 Å². The quantitative estimate of drug-likeness (QED) is 0.0410. The predicted octanol–water partition coefficient (Wildman–Crippen LogP) is 8.53. The summed E-state index contributed by atoms with van der Waals surface area (Å²) in [6.07, 6.45) is 13.9. The number of halogens is 2. The number of pyridine rings is 1. The van der Waals surface area contributed by atoms with E-state index in [1.807, 2.05) is 72.6 Å². The summed E-state index contributed by atoms with van der Waals surface area (Å²) < 4.78 is 1.55. The summed E-state index contributed by atoms with van der Waals surface area (Å²) in [4.78, 5) is 85.3. The minimum absolute atomic E-state index is 0.180. The average molecular weight is 1020 g/mol. The standard InChI is InChI=1S/C27H24Cl2N6O2.C27H40N4O4/c1-33-11-13-34(14-12-33)27(37)24-17-25(35(32-24)18-7-3-2-4-8-18)31-26(36)20-15-19(21(28)16-22(20)29)23-9-5-6-10-30-23;32-21-9-7-5-3-1-2-4-6-8-10-26(34)31-19-17-30(18-20-31)23-13-11-22(12-14-23)28-24-15-16-25(33)29-27(24)35/h2-10,15-17H,11-14H2,1H3,(H,31,36);11-14,21,24,28H,1-10,15-20H2,(H,29,33,35). The number of para-hydroxylation sites is 1. The van der Waals surface area contributed by atoms with Crippen LogP contribution in [0.1, 0.15) is 97.9 Å². The minimum Gasteiger partial charge on any atom is -0.374 e. The number of hydrogen-bond acceptors (Lipinski definition) is 11. The highest BCUT2D eigenvalue weighted by atomic mass is 35.5. The number of benzene rings is 3. The molecule has 1 atom stereocenters. The molecule has 3 aromatic carbocycles. The smallest absolute Gasteiger partial charge is 0.274 e. The molecule has 3 aliphatic rings. The number of carbonyl (C=O) groups excluding carboxylic acids is 6. The summed E-state index contributed by atoms with van der Waals surface area (Å²) in [6.45, 7) is 5.94. The number of aldehydes is 1. The molecule has 2 aromatic heterocycles. The van der Waals surface area contributed by atoms with E-state index in [0.29, 0.717) is 66.6 Å². The Morgan fingerprint density at radius 2 is 1.40 bits per heavy atom. The maximum atomic E-state index is 13.4. The molecule has 0 radical (unpaired) electrons. The Labute approximate surface area is 431 Å². The van der Waals surface area contributed by atoms with E-state index < -0.39 is 5.91 Å². The number of amides is 5. The monoisotopic (exact) mass is 1020 g/mol. The van der Waals surface area contributed by atoms with E-state index in [0.717, 1.165) is 82.6 Å². The van der Waals surface area contributed by atoms with Gasteiger partial charge in [0.15, 0.2) is 5.69 Å². The molecule has 5 heterocycles. The molecule has 18 heteroatoms. The number of hydrogen-bond donors (Lipinski definition) is 3. The number of carbonyl (C=O) groups is 6. The van der Waals surface area contributed by atoms with Gasteiger partial charge in [-0.3, -0.25) is 34.3 Å². The van der Waals surface area contributed by atoms with Crippen LogP contribution in [-0.4, -0.2) is 131 Å². The lowest BCUT2D eigenvalue weighted by molar-refractivity contribution is -0.134. The van der Waals surface area contributed by atoms with Crippen LogP contribution < -0.4 is 20.9 Å². The molecule has 1 unspecified atom stereocenters. The fourth-order valence-corrected chi connectivity index (χ4v) is 9.44. The summed E-state index contributed by atoms with van der Waals surface area (Å²) in [6, 6.07) is 27.1. The number of anilines is 3. The van der Waals surface area contributed by atoms with Gasteiger partial charge in [0, 0.05) is 101 Å².